The van der Waals surface area contributed by atoms with Gasteiger partial charge in [-0.25, -0.2) is 0 Å². The topological polar surface area (TPSA) is 38.7 Å². The summed E-state index contributed by atoms with van der Waals surface area (Å²) in [4.78, 5) is 10.6. The fourth-order valence-corrected chi connectivity index (χ4v) is 1.48. The van der Waals surface area contributed by atoms with Crippen molar-refractivity contribution in [2.24, 2.45) is 5.18 Å². The number of ether oxygens (including phenoxy) is 1. The minimum absolute atomic E-state index is 0.465. The molecular weight excluding hydrogens is 202 g/mol. The van der Waals surface area contributed by atoms with Crippen molar-refractivity contribution < 1.29 is 4.74 Å². The summed E-state index contributed by atoms with van der Waals surface area (Å²) in [5.74, 6) is 0. The first kappa shape index (κ1) is 11.1. The van der Waals surface area contributed by atoms with Crippen LogP contribution in [0, 0.1) is 4.91 Å². The van der Waals surface area contributed by atoms with Crippen LogP contribution in [0.25, 0.3) is 0 Å². The minimum Gasteiger partial charge on any atom is -0.360 e. The molecule has 76 valence electrons. The molecule has 4 heteroatoms. The van der Waals surface area contributed by atoms with Crippen LogP contribution in [-0.2, 0) is 4.74 Å². The Morgan fingerprint density at radius 2 is 2.07 bits per heavy atom. The molecule has 0 saturated carbocycles. The van der Waals surface area contributed by atoms with Crippen LogP contribution in [0.4, 0.5) is 0 Å². The summed E-state index contributed by atoms with van der Waals surface area (Å²) in [7, 11) is 0. The maximum atomic E-state index is 10.6. The molecule has 0 aliphatic carbocycles. The van der Waals surface area contributed by atoms with E-state index in [-0.39, 0.29) is 0 Å². The van der Waals surface area contributed by atoms with Gasteiger partial charge in [0.05, 0.1) is 0 Å². The van der Waals surface area contributed by atoms with Crippen molar-refractivity contribution in [2.45, 2.75) is 18.5 Å². The molecule has 0 aromatic heterocycles. The lowest BCUT2D eigenvalue weighted by Crippen LogP contribution is -2.14. The van der Waals surface area contributed by atoms with Crippen molar-refractivity contribution in [2.75, 3.05) is 6.61 Å². The molecule has 0 fully saturated rings. The molecule has 0 saturated heterocycles. The quantitative estimate of drug-likeness (QED) is 0.557. The Bertz CT molecular complexity index is 279. The average Bonchev–Trinajstić information content (AvgIpc) is 2.21. The largest absolute Gasteiger partial charge is 0.360 e. The summed E-state index contributed by atoms with van der Waals surface area (Å²) < 4.78 is 5.12. The van der Waals surface area contributed by atoms with Crippen molar-refractivity contribution in [1.82, 2.24) is 0 Å². The molecule has 1 rings (SSSR count). The minimum atomic E-state index is -0.695. The Kier molecular flexibility index (Phi) is 4.56. The summed E-state index contributed by atoms with van der Waals surface area (Å²) >= 11 is 5.87. The second-order valence-corrected chi connectivity index (χ2v) is 3.20. The van der Waals surface area contributed by atoms with Gasteiger partial charge >= 0.3 is 0 Å². The van der Waals surface area contributed by atoms with Gasteiger partial charge < -0.3 is 4.74 Å². The standard InChI is InChI=1S/C10H12ClNO2/c1-2-14-10(11)9(12-13)8-6-4-3-5-7-8/h3-7,9-10H,2H2,1H3. The van der Waals surface area contributed by atoms with Crippen LogP contribution in [0.1, 0.15) is 18.5 Å². The SMILES string of the molecule is CCOC(Cl)C(N=O)c1ccccc1. The zero-order valence-electron chi connectivity index (χ0n) is 7.89. The third-order valence-electron chi connectivity index (χ3n) is 1.83. The van der Waals surface area contributed by atoms with Crippen molar-refractivity contribution in [3.63, 3.8) is 0 Å². The molecule has 1 aromatic carbocycles. The predicted octanol–water partition coefficient (Wildman–Crippen LogP) is 3.10. The van der Waals surface area contributed by atoms with Crippen LogP contribution in [0.5, 0.6) is 0 Å². The number of nitroso groups, excluding NO2 is 1. The van der Waals surface area contributed by atoms with Gasteiger partial charge in [0.2, 0.25) is 0 Å². The van der Waals surface area contributed by atoms with E-state index in [1.54, 1.807) is 12.1 Å². The summed E-state index contributed by atoms with van der Waals surface area (Å²) in [5.41, 5.74) is 0.0795. The molecular formula is C10H12ClNO2. The highest BCUT2D eigenvalue weighted by Crippen LogP contribution is 2.25. The normalized spacial score (nSPS) is 14.7. The monoisotopic (exact) mass is 213 g/mol. The van der Waals surface area contributed by atoms with Crippen LogP contribution in [-0.4, -0.2) is 12.2 Å². The first-order chi connectivity index (χ1) is 6.79. The van der Waals surface area contributed by atoms with Gasteiger partial charge in [0.1, 0.15) is 0 Å². The van der Waals surface area contributed by atoms with E-state index in [4.69, 9.17) is 16.3 Å². The predicted molar refractivity (Wildman–Crippen MR) is 56.2 cm³/mol. The van der Waals surface area contributed by atoms with Crippen LogP contribution in [0.15, 0.2) is 35.5 Å². The molecule has 14 heavy (non-hydrogen) atoms. The van der Waals surface area contributed by atoms with E-state index in [2.05, 4.69) is 5.18 Å². The van der Waals surface area contributed by atoms with Crippen molar-refractivity contribution in [1.29, 1.82) is 0 Å². The van der Waals surface area contributed by atoms with Gasteiger partial charge in [-0.05, 0) is 12.5 Å². The van der Waals surface area contributed by atoms with Crippen LogP contribution < -0.4 is 0 Å². The molecule has 0 aliphatic heterocycles. The zero-order chi connectivity index (χ0) is 10.4. The highest BCUT2D eigenvalue weighted by molar-refractivity contribution is 6.20. The number of rotatable bonds is 5. The Labute approximate surface area is 88.0 Å². The van der Waals surface area contributed by atoms with Gasteiger partial charge in [-0.2, -0.15) is 4.91 Å². The van der Waals surface area contributed by atoms with E-state index in [0.717, 1.165) is 5.56 Å². The summed E-state index contributed by atoms with van der Waals surface area (Å²) in [6, 6.07) is 8.51. The van der Waals surface area contributed by atoms with Crippen molar-refractivity contribution in [3.05, 3.63) is 40.8 Å². The van der Waals surface area contributed by atoms with Gasteiger partial charge in [0.25, 0.3) is 0 Å². The van der Waals surface area contributed by atoms with Gasteiger partial charge in [-0.15, -0.1) is 0 Å². The number of nitrogens with zero attached hydrogens (tertiary/aromatic N) is 1. The molecule has 0 aliphatic rings. The molecule has 0 heterocycles. The van der Waals surface area contributed by atoms with E-state index in [9.17, 15) is 4.91 Å². The molecule has 0 N–H and O–H groups in total. The Balaban J connectivity index is 2.76. The molecule has 0 amide bonds. The lowest BCUT2D eigenvalue weighted by molar-refractivity contribution is 0.102. The fraction of sp³-hybridized carbons (Fsp3) is 0.400. The number of benzene rings is 1. The zero-order valence-corrected chi connectivity index (χ0v) is 8.65. The molecule has 2 unspecified atom stereocenters. The first-order valence-corrected chi connectivity index (χ1v) is 4.86. The van der Waals surface area contributed by atoms with Crippen LogP contribution >= 0.6 is 11.6 Å². The second-order valence-electron chi connectivity index (χ2n) is 2.77. The second kappa shape index (κ2) is 5.73. The average molecular weight is 214 g/mol. The Hall–Kier alpha value is -0.930. The van der Waals surface area contributed by atoms with E-state index in [1.165, 1.54) is 0 Å². The Morgan fingerprint density at radius 1 is 1.43 bits per heavy atom. The van der Waals surface area contributed by atoms with Gasteiger partial charge in [0, 0.05) is 6.61 Å². The van der Waals surface area contributed by atoms with Crippen LogP contribution in [0.3, 0.4) is 0 Å². The summed E-state index contributed by atoms with van der Waals surface area (Å²) in [6.07, 6.45) is 0. The van der Waals surface area contributed by atoms with E-state index in [1.807, 2.05) is 25.1 Å². The Morgan fingerprint density at radius 3 is 2.57 bits per heavy atom. The van der Waals surface area contributed by atoms with Gasteiger partial charge in [-0.1, -0.05) is 47.1 Å². The number of alkyl halides is 1. The lowest BCUT2D eigenvalue weighted by Gasteiger charge is -2.15. The highest BCUT2D eigenvalue weighted by atomic mass is 35.5. The molecule has 0 bridgehead atoms. The third-order valence-corrected chi connectivity index (χ3v) is 2.19. The smallest absolute Gasteiger partial charge is 0.160 e. The van der Waals surface area contributed by atoms with Gasteiger partial charge in [0.15, 0.2) is 11.6 Å². The maximum absolute atomic E-state index is 10.6. The van der Waals surface area contributed by atoms with Crippen molar-refractivity contribution >= 4 is 11.6 Å². The van der Waals surface area contributed by atoms with Gasteiger partial charge in [-0.3, -0.25) is 0 Å². The molecule has 3 nitrogen and oxygen atoms in total. The number of halogens is 1. The number of hydrogen-bond donors (Lipinski definition) is 0. The molecule has 0 radical (unpaired) electrons. The van der Waals surface area contributed by atoms with E-state index < -0.39 is 11.6 Å². The molecule has 2 atom stereocenters. The van der Waals surface area contributed by atoms with E-state index >= 15 is 0 Å². The highest BCUT2D eigenvalue weighted by Gasteiger charge is 2.21. The maximum Gasteiger partial charge on any atom is 0.160 e. The first-order valence-electron chi connectivity index (χ1n) is 4.42. The summed E-state index contributed by atoms with van der Waals surface area (Å²) in [6.45, 7) is 2.29. The van der Waals surface area contributed by atoms with E-state index in [0.29, 0.717) is 6.61 Å². The van der Waals surface area contributed by atoms with Crippen molar-refractivity contribution in [3.8, 4) is 0 Å². The lowest BCUT2D eigenvalue weighted by atomic mass is 10.1. The fourth-order valence-electron chi connectivity index (χ4n) is 1.16. The summed E-state index contributed by atoms with van der Waals surface area (Å²) in [5, 5.41) is 2.97. The third kappa shape index (κ3) is 2.79. The molecule has 1 aromatic rings. The number of hydrogen-bond acceptors (Lipinski definition) is 3. The van der Waals surface area contributed by atoms with Crippen LogP contribution in [0.2, 0.25) is 0 Å². The molecule has 0 spiro atoms.